The zero-order valence-corrected chi connectivity index (χ0v) is 29.3. The number of carbonyl (C=O) groups excluding carboxylic acids is 2. The summed E-state index contributed by atoms with van der Waals surface area (Å²) in [6.45, 7) is 4.71. The number of hydrogen-bond acceptors (Lipinski definition) is 11. The molecule has 0 aliphatic carbocycles. The van der Waals surface area contributed by atoms with Gasteiger partial charge in [-0.25, -0.2) is 14.8 Å². The highest BCUT2D eigenvalue weighted by Crippen LogP contribution is 2.20. The van der Waals surface area contributed by atoms with Crippen molar-refractivity contribution in [3.05, 3.63) is 41.7 Å². The molecule has 0 aliphatic heterocycles. The summed E-state index contributed by atoms with van der Waals surface area (Å²) in [6.07, 6.45) is 15.3. The molecule has 1 unspecified atom stereocenters. The molecule has 0 bridgehead atoms. The summed E-state index contributed by atoms with van der Waals surface area (Å²) in [6, 6.07) is 5.78. The number of anilines is 3. The highest BCUT2D eigenvalue weighted by atomic mass is 16.5. The van der Waals surface area contributed by atoms with Gasteiger partial charge in [-0.05, 0) is 49.9 Å². The molecule has 49 heavy (non-hydrogen) atoms. The summed E-state index contributed by atoms with van der Waals surface area (Å²) in [5, 5.41) is 12.0. The molecule has 1 amide bonds. The fourth-order valence-electron chi connectivity index (χ4n) is 5.64. The summed E-state index contributed by atoms with van der Waals surface area (Å²) in [4.78, 5) is 56.7. The first kappa shape index (κ1) is 38.9. The Labute approximate surface area is 289 Å². The number of aliphatic carboxylic acids is 1. The SMILES string of the molecule is CCCCCCCCCCCC(CCCC)OC(=O)[C@H](CCC(=O)O)NC(=O)c1ccc(N(C)Cc2cnc3nc(N)nc(N)c3n2)cc1. The van der Waals surface area contributed by atoms with E-state index >= 15 is 0 Å². The number of carboxylic acid groups (broad SMARTS) is 1. The average molecular weight is 679 g/mol. The van der Waals surface area contributed by atoms with Crippen LogP contribution in [0, 0.1) is 0 Å². The van der Waals surface area contributed by atoms with Gasteiger partial charge in [0, 0.05) is 24.7 Å². The number of fused-ring (bicyclic) bond motifs is 1. The number of nitrogens with zero attached hydrogens (tertiary/aromatic N) is 5. The van der Waals surface area contributed by atoms with Crippen LogP contribution in [-0.4, -0.2) is 62.1 Å². The first-order valence-corrected chi connectivity index (χ1v) is 17.7. The smallest absolute Gasteiger partial charge is 0.328 e. The Morgan fingerprint density at radius 1 is 0.857 bits per heavy atom. The van der Waals surface area contributed by atoms with Crippen molar-refractivity contribution < 1.29 is 24.2 Å². The highest BCUT2D eigenvalue weighted by Gasteiger charge is 2.26. The second-order valence-electron chi connectivity index (χ2n) is 12.7. The highest BCUT2D eigenvalue weighted by molar-refractivity contribution is 5.97. The van der Waals surface area contributed by atoms with Gasteiger partial charge in [-0.2, -0.15) is 9.97 Å². The Hall–Kier alpha value is -4.55. The van der Waals surface area contributed by atoms with Crippen LogP contribution in [-0.2, 0) is 20.9 Å². The molecule has 0 saturated heterocycles. The van der Waals surface area contributed by atoms with E-state index in [1.54, 1.807) is 30.5 Å². The van der Waals surface area contributed by atoms with E-state index in [0.717, 1.165) is 44.2 Å². The van der Waals surface area contributed by atoms with Gasteiger partial charge in [-0.1, -0.05) is 78.1 Å². The first-order valence-electron chi connectivity index (χ1n) is 17.7. The molecule has 0 spiro atoms. The van der Waals surface area contributed by atoms with Crippen molar-refractivity contribution >= 4 is 46.5 Å². The van der Waals surface area contributed by atoms with Crippen molar-refractivity contribution in [2.75, 3.05) is 23.4 Å². The lowest BCUT2D eigenvalue weighted by molar-refractivity contribution is -0.152. The molecule has 13 heteroatoms. The zero-order valence-electron chi connectivity index (χ0n) is 29.3. The van der Waals surface area contributed by atoms with Gasteiger partial charge in [0.1, 0.15) is 12.1 Å². The molecule has 13 nitrogen and oxygen atoms in total. The van der Waals surface area contributed by atoms with Gasteiger partial charge in [0.15, 0.2) is 17.0 Å². The maximum absolute atomic E-state index is 13.3. The number of esters is 1. The third-order valence-electron chi connectivity index (χ3n) is 8.50. The first-order chi connectivity index (χ1) is 23.6. The molecule has 2 heterocycles. The lowest BCUT2D eigenvalue weighted by Crippen LogP contribution is -2.43. The topological polar surface area (TPSA) is 200 Å². The number of rotatable bonds is 23. The van der Waals surface area contributed by atoms with Gasteiger partial charge in [-0.3, -0.25) is 9.59 Å². The van der Waals surface area contributed by atoms with Crippen LogP contribution < -0.4 is 21.7 Å². The molecule has 0 aliphatic rings. The molecule has 268 valence electrons. The Bertz CT molecular complexity index is 1490. The number of nitrogens with two attached hydrogens (primary N) is 2. The summed E-state index contributed by atoms with van der Waals surface area (Å²) in [7, 11) is 1.87. The molecular weight excluding hydrogens is 624 g/mol. The Kier molecular flexibility index (Phi) is 16.5. The molecule has 2 atom stereocenters. The Balaban J connectivity index is 1.57. The van der Waals surface area contributed by atoms with Gasteiger partial charge in [0.25, 0.3) is 5.91 Å². The number of benzene rings is 1. The zero-order chi connectivity index (χ0) is 35.6. The minimum atomic E-state index is -1.07. The second-order valence-corrected chi connectivity index (χ2v) is 12.7. The monoisotopic (exact) mass is 678 g/mol. The second kappa shape index (κ2) is 20.7. The van der Waals surface area contributed by atoms with E-state index in [2.05, 4.69) is 39.1 Å². The number of carbonyl (C=O) groups is 3. The summed E-state index contributed by atoms with van der Waals surface area (Å²) >= 11 is 0. The van der Waals surface area contributed by atoms with Crippen molar-refractivity contribution in [2.45, 2.75) is 129 Å². The number of nitrogens with one attached hydrogen (secondary N) is 1. The van der Waals surface area contributed by atoms with Gasteiger partial charge in [-0.15, -0.1) is 0 Å². The van der Waals surface area contributed by atoms with Gasteiger partial charge in [0.2, 0.25) is 5.95 Å². The molecule has 3 rings (SSSR count). The van der Waals surface area contributed by atoms with Crippen molar-refractivity contribution in [3.8, 4) is 0 Å². The van der Waals surface area contributed by atoms with Gasteiger partial charge >= 0.3 is 11.9 Å². The number of unbranched alkanes of at least 4 members (excludes halogenated alkanes) is 9. The summed E-state index contributed by atoms with van der Waals surface area (Å²) in [5.41, 5.74) is 14.0. The fourth-order valence-corrected chi connectivity index (χ4v) is 5.64. The molecule has 6 N–H and O–H groups in total. The molecule has 0 radical (unpaired) electrons. The van der Waals surface area contributed by atoms with E-state index < -0.39 is 23.9 Å². The fraction of sp³-hybridized carbons (Fsp3) is 0.583. The van der Waals surface area contributed by atoms with Crippen molar-refractivity contribution in [1.29, 1.82) is 0 Å². The molecule has 2 aromatic heterocycles. The van der Waals surface area contributed by atoms with Gasteiger partial charge < -0.3 is 31.5 Å². The van der Waals surface area contributed by atoms with Crippen LogP contribution in [0.2, 0.25) is 0 Å². The lowest BCUT2D eigenvalue weighted by atomic mass is 10.0. The van der Waals surface area contributed by atoms with Crippen LogP contribution in [0.15, 0.2) is 30.5 Å². The average Bonchev–Trinajstić information content (AvgIpc) is 3.08. The van der Waals surface area contributed by atoms with Crippen molar-refractivity contribution in [2.24, 2.45) is 0 Å². The van der Waals surface area contributed by atoms with Crippen LogP contribution >= 0.6 is 0 Å². The third kappa shape index (κ3) is 13.5. The minimum Gasteiger partial charge on any atom is -0.481 e. The predicted molar refractivity (Wildman–Crippen MR) is 192 cm³/mol. The molecule has 0 fully saturated rings. The van der Waals surface area contributed by atoms with Crippen LogP contribution in [0.4, 0.5) is 17.5 Å². The van der Waals surface area contributed by atoms with Gasteiger partial charge in [0.05, 0.1) is 18.4 Å². The standard InChI is InChI=1S/C36H54N8O5/c1-4-6-8-9-10-11-12-13-14-16-28(15-7-5-2)49-35(48)29(21-22-30(45)46)41-34(47)25-17-19-27(20-18-25)44(3)24-26-23-39-33-31(40-26)32(37)42-36(38)43-33/h17-20,23,28-29H,4-16,21-22,24H2,1-3H3,(H,41,47)(H,45,46)(H4,37,38,39,42,43)/t28?,29-/m0/s1. The normalized spacial score (nSPS) is 12.4. The molecular formula is C36H54N8O5. The molecule has 1 aromatic carbocycles. The van der Waals surface area contributed by atoms with Crippen molar-refractivity contribution in [1.82, 2.24) is 25.3 Å². The summed E-state index contributed by atoms with van der Waals surface area (Å²) < 4.78 is 5.92. The number of ether oxygens (including phenoxy) is 1. The number of aromatic nitrogens is 4. The Morgan fingerprint density at radius 3 is 2.14 bits per heavy atom. The predicted octanol–water partition coefficient (Wildman–Crippen LogP) is 6.21. The van der Waals surface area contributed by atoms with Crippen LogP contribution in [0.5, 0.6) is 0 Å². The minimum absolute atomic E-state index is 0.0268. The van der Waals surface area contributed by atoms with E-state index in [-0.39, 0.29) is 30.7 Å². The van der Waals surface area contributed by atoms with E-state index in [0.29, 0.717) is 29.0 Å². The number of amides is 1. The molecule has 0 saturated carbocycles. The number of nitrogen functional groups attached to an aromatic ring is 2. The van der Waals surface area contributed by atoms with E-state index in [4.69, 9.17) is 16.2 Å². The molecule has 3 aromatic rings. The van der Waals surface area contributed by atoms with Crippen molar-refractivity contribution in [3.63, 3.8) is 0 Å². The van der Waals surface area contributed by atoms with Crippen LogP contribution in [0.1, 0.15) is 126 Å². The van der Waals surface area contributed by atoms with E-state index in [9.17, 15) is 19.5 Å². The van der Waals surface area contributed by atoms with Crippen LogP contribution in [0.25, 0.3) is 11.2 Å². The van der Waals surface area contributed by atoms with Crippen LogP contribution in [0.3, 0.4) is 0 Å². The van der Waals surface area contributed by atoms with E-state index in [1.807, 2.05) is 11.9 Å². The third-order valence-corrected chi connectivity index (χ3v) is 8.50. The lowest BCUT2D eigenvalue weighted by Gasteiger charge is -2.23. The quantitative estimate of drug-likeness (QED) is 0.0654. The Morgan fingerprint density at radius 2 is 1.49 bits per heavy atom. The largest absolute Gasteiger partial charge is 0.481 e. The maximum atomic E-state index is 13.3. The van der Waals surface area contributed by atoms with E-state index in [1.165, 1.54) is 44.9 Å². The maximum Gasteiger partial charge on any atom is 0.328 e. The number of carboxylic acids is 1. The summed E-state index contributed by atoms with van der Waals surface area (Å²) in [5.74, 6) is -1.95. The number of hydrogen-bond donors (Lipinski definition) is 4.